The first-order valence-electron chi connectivity index (χ1n) is 12.6. The van der Waals surface area contributed by atoms with Crippen LogP contribution in [-0.2, 0) is 35.3 Å². The van der Waals surface area contributed by atoms with E-state index < -0.39 is 60.6 Å². The molecule has 0 spiro atoms. The second-order valence-electron chi connectivity index (χ2n) is 9.60. The number of hydrogen-bond donors (Lipinski definition) is 4. The summed E-state index contributed by atoms with van der Waals surface area (Å²) in [6.45, 7) is 5.07. The lowest BCUT2D eigenvalue weighted by Crippen LogP contribution is -2.55. The van der Waals surface area contributed by atoms with Gasteiger partial charge >= 0.3 is 12.1 Å². The maximum absolute atomic E-state index is 13.4. The minimum Gasteiger partial charge on any atom is -0.467 e. The van der Waals surface area contributed by atoms with E-state index in [1.165, 1.54) is 11.8 Å². The molecule has 0 aromatic heterocycles. The lowest BCUT2D eigenvalue weighted by atomic mass is 10.0. The summed E-state index contributed by atoms with van der Waals surface area (Å²) in [6, 6.07) is 6.16. The summed E-state index contributed by atoms with van der Waals surface area (Å²) in [7, 11) is 1.13. The number of likely N-dealkylation sites (tertiary alicyclic amines) is 1. The Labute approximate surface area is 222 Å². The van der Waals surface area contributed by atoms with Gasteiger partial charge in [-0.2, -0.15) is 0 Å². The quantitative estimate of drug-likeness (QED) is 0.281. The molecule has 2 rings (SSSR count). The minimum atomic E-state index is -1.28. The Hall–Kier alpha value is -3.67. The molecular weight excluding hydrogens is 496 g/mol. The molecule has 4 atom stereocenters. The van der Waals surface area contributed by atoms with Crippen molar-refractivity contribution in [2.45, 2.75) is 70.9 Å². The number of aliphatic hydroxyl groups is 1. The van der Waals surface area contributed by atoms with Crippen molar-refractivity contribution in [2.75, 3.05) is 20.2 Å². The molecule has 4 N–H and O–H groups in total. The highest BCUT2D eigenvalue weighted by atomic mass is 16.5. The molecule has 0 aliphatic carbocycles. The summed E-state index contributed by atoms with van der Waals surface area (Å²) in [5.41, 5.74) is 0.807. The highest BCUT2D eigenvalue weighted by molar-refractivity contribution is 5.94. The van der Waals surface area contributed by atoms with Gasteiger partial charge in [-0.15, -0.1) is 0 Å². The van der Waals surface area contributed by atoms with Crippen LogP contribution in [0.5, 0.6) is 0 Å². The molecule has 1 aromatic rings. The van der Waals surface area contributed by atoms with Crippen molar-refractivity contribution in [1.82, 2.24) is 20.9 Å². The fourth-order valence-corrected chi connectivity index (χ4v) is 4.12. The monoisotopic (exact) mass is 534 g/mol. The van der Waals surface area contributed by atoms with Gasteiger partial charge in [0.05, 0.1) is 19.8 Å². The first kappa shape index (κ1) is 30.6. The number of alkyl carbamates (subject to hydrolysis) is 1. The zero-order valence-electron chi connectivity index (χ0n) is 22.3. The van der Waals surface area contributed by atoms with Crippen molar-refractivity contribution in [3.05, 3.63) is 35.9 Å². The van der Waals surface area contributed by atoms with E-state index in [4.69, 9.17) is 4.74 Å². The molecule has 1 aromatic carbocycles. The zero-order chi connectivity index (χ0) is 28.2. The number of hydrogen-bond acceptors (Lipinski definition) is 8. The molecule has 1 heterocycles. The Morgan fingerprint density at radius 1 is 1.08 bits per heavy atom. The number of carbonyl (C=O) groups excluding carboxylic acids is 5. The van der Waals surface area contributed by atoms with Crippen molar-refractivity contribution < 1.29 is 38.6 Å². The van der Waals surface area contributed by atoms with E-state index in [2.05, 4.69) is 20.7 Å². The van der Waals surface area contributed by atoms with Crippen molar-refractivity contribution in [1.29, 1.82) is 0 Å². The topological polar surface area (TPSA) is 163 Å². The third kappa shape index (κ3) is 9.33. The van der Waals surface area contributed by atoms with Gasteiger partial charge in [-0.1, -0.05) is 44.2 Å². The summed E-state index contributed by atoms with van der Waals surface area (Å²) in [6.07, 6.45) is -0.613. The molecule has 12 nitrogen and oxygen atoms in total. The number of benzene rings is 1. The van der Waals surface area contributed by atoms with Gasteiger partial charge in [0.1, 0.15) is 18.7 Å². The van der Waals surface area contributed by atoms with Crippen LogP contribution in [0.4, 0.5) is 4.79 Å². The zero-order valence-corrected chi connectivity index (χ0v) is 22.3. The number of nitrogens with zero attached hydrogens (tertiary/aromatic N) is 1. The number of aliphatic hydroxyl groups excluding tert-OH is 1. The highest BCUT2D eigenvalue weighted by Gasteiger charge is 2.38. The smallest absolute Gasteiger partial charge is 0.408 e. The van der Waals surface area contributed by atoms with E-state index in [-0.39, 0.29) is 12.5 Å². The minimum absolute atomic E-state index is 0.0535. The van der Waals surface area contributed by atoms with E-state index >= 15 is 0 Å². The summed E-state index contributed by atoms with van der Waals surface area (Å²) >= 11 is 0. The molecule has 12 heteroatoms. The van der Waals surface area contributed by atoms with E-state index in [1.54, 1.807) is 0 Å². The maximum Gasteiger partial charge on any atom is 0.408 e. The first-order chi connectivity index (χ1) is 18.0. The van der Waals surface area contributed by atoms with Crippen LogP contribution in [0.3, 0.4) is 0 Å². The summed E-state index contributed by atoms with van der Waals surface area (Å²) < 4.78 is 9.82. The Balaban J connectivity index is 1.97. The Kier molecular flexibility index (Phi) is 12.0. The molecule has 1 aliphatic heterocycles. The second kappa shape index (κ2) is 14.9. The van der Waals surface area contributed by atoms with Crippen molar-refractivity contribution in [3.8, 4) is 0 Å². The van der Waals surface area contributed by atoms with Crippen LogP contribution in [0, 0.1) is 5.92 Å². The molecule has 1 fully saturated rings. The lowest BCUT2D eigenvalue weighted by Gasteiger charge is -2.29. The predicted molar refractivity (Wildman–Crippen MR) is 136 cm³/mol. The number of nitrogens with one attached hydrogen (secondary N) is 3. The number of ether oxygens (including phenoxy) is 2. The summed E-state index contributed by atoms with van der Waals surface area (Å²) in [5.74, 6) is -2.39. The van der Waals surface area contributed by atoms with Gasteiger partial charge in [0.15, 0.2) is 6.04 Å². The van der Waals surface area contributed by atoms with Gasteiger partial charge in [-0.05, 0) is 37.7 Å². The average Bonchev–Trinajstić information content (AvgIpc) is 3.38. The normalized spacial score (nSPS) is 17.2. The third-order valence-corrected chi connectivity index (χ3v) is 6.03. The maximum atomic E-state index is 13.4. The average molecular weight is 535 g/mol. The molecule has 0 radical (unpaired) electrons. The van der Waals surface area contributed by atoms with Crippen LogP contribution in [0.1, 0.15) is 45.6 Å². The van der Waals surface area contributed by atoms with E-state index in [0.29, 0.717) is 25.8 Å². The lowest BCUT2D eigenvalue weighted by molar-refractivity contribution is -0.148. The van der Waals surface area contributed by atoms with E-state index in [0.717, 1.165) is 12.7 Å². The van der Waals surface area contributed by atoms with Gasteiger partial charge in [-0.25, -0.2) is 9.59 Å². The summed E-state index contributed by atoms with van der Waals surface area (Å²) in [4.78, 5) is 64.1. The van der Waals surface area contributed by atoms with Crippen molar-refractivity contribution >= 4 is 29.8 Å². The number of carbonyl (C=O) groups is 5. The third-order valence-electron chi connectivity index (χ3n) is 6.03. The van der Waals surface area contributed by atoms with Gasteiger partial charge in [0, 0.05) is 6.54 Å². The van der Waals surface area contributed by atoms with Gasteiger partial charge < -0.3 is 35.4 Å². The van der Waals surface area contributed by atoms with Gasteiger partial charge in [0.2, 0.25) is 17.7 Å². The molecule has 0 saturated carbocycles. The number of methoxy groups -OCH3 is 1. The largest absolute Gasteiger partial charge is 0.467 e. The van der Waals surface area contributed by atoms with E-state index in [1.807, 2.05) is 44.2 Å². The number of amides is 4. The van der Waals surface area contributed by atoms with Crippen LogP contribution in [0.2, 0.25) is 0 Å². The molecule has 38 heavy (non-hydrogen) atoms. The van der Waals surface area contributed by atoms with Crippen LogP contribution in [0.25, 0.3) is 0 Å². The Morgan fingerprint density at radius 2 is 1.76 bits per heavy atom. The molecule has 1 aliphatic rings. The Morgan fingerprint density at radius 3 is 2.37 bits per heavy atom. The van der Waals surface area contributed by atoms with Crippen LogP contribution in [0.15, 0.2) is 30.3 Å². The molecule has 0 bridgehead atoms. The predicted octanol–water partition coefficient (Wildman–Crippen LogP) is 0.473. The van der Waals surface area contributed by atoms with Crippen LogP contribution < -0.4 is 16.0 Å². The van der Waals surface area contributed by atoms with Crippen LogP contribution >= 0.6 is 0 Å². The van der Waals surface area contributed by atoms with Crippen molar-refractivity contribution in [2.24, 2.45) is 5.92 Å². The molecule has 1 saturated heterocycles. The molecule has 210 valence electrons. The highest BCUT2D eigenvalue weighted by Crippen LogP contribution is 2.20. The van der Waals surface area contributed by atoms with Crippen LogP contribution in [-0.4, -0.2) is 84.2 Å². The fourth-order valence-electron chi connectivity index (χ4n) is 4.12. The van der Waals surface area contributed by atoms with E-state index in [9.17, 15) is 29.1 Å². The number of rotatable bonds is 12. The van der Waals surface area contributed by atoms with Gasteiger partial charge in [0.25, 0.3) is 0 Å². The fraction of sp³-hybridized carbons (Fsp3) is 0.577. The second-order valence-corrected chi connectivity index (χ2v) is 9.60. The van der Waals surface area contributed by atoms with Gasteiger partial charge in [-0.3, -0.25) is 14.4 Å². The molecule has 4 amide bonds. The Bertz CT molecular complexity index is 969. The standard InChI is InChI=1S/C26H38N4O8/c1-16(2)13-19(28-26(36)38-15-18-9-6-5-7-10-18)24(34)30-12-8-11-20(30)23(33)27-14-21(32)29-22(17(3)31)25(35)37-4/h5-7,9-10,16-17,19-20,22,31H,8,11-15H2,1-4H3,(H,27,33)(H,28,36)(H,29,32)/t17-,19+,20+,22-/m1/s1. The molecular formula is C26H38N4O8. The summed E-state index contributed by atoms with van der Waals surface area (Å²) in [5, 5.41) is 17.1. The molecule has 0 unspecified atom stereocenters. The number of esters is 1. The first-order valence-corrected chi connectivity index (χ1v) is 12.6. The van der Waals surface area contributed by atoms with Crippen molar-refractivity contribution in [3.63, 3.8) is 0 Å². The SMILES string of the molecule is COC(=O)[C@H](NC(=O)CNC(=O)[C@@H]1CCCN1C(=O)[C@H](CC(C)C)NC(=O)OCc1ccccc1)[C@@H](C)O.